The van der Waals surface area contributed by atoms with Crippen molar-refractivity contribution < 1.29 is 4.39 Å². The number of benzene rings is 1. The number of pyridine rings is 1. The zero-order valence-electron chi connectivity index (χ0n) is 10.9. The van der Waals surface area contributed by atoms with Crippen molar-refractivity contribution in [1.29, 1.82) is 0 Å². The second-order valence-electron chi connectivity index (χ2n) is 4.20. The fraction of sp³-hybridized carbons (Fsp3) is 0. The quantitative estimate of drug-likeness (QED) is 0.717. The molecule has 0 saturated carbocycles. The monoisotopic (exact) mass is 282 g/mol. The van der Waals surface area contributed by atoms with Gasteiger partial charge < -0.3 is 11.1 Å². The molecule has 0 aliphatic rings. The molecule has 0 saturated heterocycles. The van der Waals surface area contributed by atoms with Gasteiger partial charge in [-0.2, -0.15) is 19.3 Å². The lowest BCUT2D eigenvalue weighted by atomic mass is 10.2. The van der Waals surface area contributed by atoms with Crippen LogP contribution in [0.15, 0.2) is 48.7 Å². The third-order valence-electron chi connectivity index (χ3n) is 2.67. The molecule has 0 atom stereocenters. The molecule has 0 bridgehead atoms. The third-order valence-corrected chi connectivity index (χ3v) is 2.67. The van der Waals surface area contributed by atoms with Crippen LogP contribution in [0.2, 0.25) is 0 Å². The average molecular weight is 282 g/mol. The van der Waals surface area contributed by atoms with E-state index in [2.05, 4.69) is 25.3 Å². The summed E-state index contributed by atoms with van der Waals surface area (Å²) < 4.78 is 12.8. The van der Waals surface area contributed by atoms with Gasteiger partial charge in [0.15, 0.2) is 5.82 Å². The summed E-state index contributed by atoms with van der Waals surface area (Å²) in [7, 11) is 0. The summed E-state index contributed by atoms with van der Waals surface area (Å²) in [5.41, 5.74) is 7.08. The molecule has 0 aliphatic heterocycles. The molecule has 0 fully saturated rings. The summed E-state index contributed by atoms with van der Waals surface area (Å²) in [5, 5.41) is 2.91. The summed E-state index contributed by atoms with van der Waals surface area (Å²) in [6.45, 7) is 0. The zero-order valence-corrected chi connectivity index (χ0v) is 10.9. The predicted octanol–water partition coefficient (Wildman–Crippen LogP) is 2.40. The molecule has 2 aromatic heterocycles. The van der Waals surface area contributed by atoms with Crippen molar-refractivity contribution in [2.75, 3.05) is 11.1 Å². The molecule has 0 radical (unpaired) electrons. The van der Waals surface area contributed by atoms with Gasteiger partial charge in [-0.1, -0.05) is 30.3 Å². The van der Waals surface area contributed by atoms with E-state index in [4.69, 9.17) is 5.73 Å². The Morgan fingerprint density at radius 3 is 2.48 bits per heavy atom. The maximum absolute atomic E-state index is 12.8. The molecule has 104 valence electrons. The van der Waals surface area contributed by atoms with Crippen molar-refractivity contribution in [2.24, 2.45) is 0 Å². The van der Waals surface area contributed by atoms with Crippen molar-refractivity contribution >= 4 is 17.6 Å². The highest BCUT2D eigenvalue weighted by atomic mass is 19.1. The lowest BCUT2D eigenvalue weighted by Gasteiger charge is -2.07. The lowest BCUT2D eigenvalue weighted by Crippen LogP contribution is -2.05. The van der Waals surface area contributed by atoms with Crippen LogP contribution in [0.3, 0.4) is 0 Å². The first kappa shape index (κ1) is 12.9. The molecule has 3 rings (SSSR count). The van der Waals surface area contributed by atoms with Crippen LogP contribution < -0.4 is 11.1 Å². The van der Waals surface area contributed by atoms with Gasteiger partial charge >= 0.3 is 0 Å². The standard InChI is InChI=1S/C14H11FN6/c15-11-7-6-10(8-17-11)18-14-20-12(19-13(16)21-14)9-4-2-1-3-5-9/h1-8H,(H3,16,18,19,20,21). The molecule has 0 amide bonds. The Kier molecular flexibility index (Phi) is 3.38. The Labute approximate surface area is 119 Å². The molecule has 0 spiro atoms. The molecule has 0 aliphatic carbocycles. The van der Waals surface area contributed by atoms with Crippen LogP contribution in [-0.2, 0) is 0 Å². The highest BCUT2D eigenvalue weighted by molar-refractivity contribution is 5.59. The van der Waals surface area contributed by atoms with Gasteiger partial charge in [0.05, 0.1) is 11.9 Å². The largest absolute Gasteiger partial charge is 0.368 e. The second-order valence-corrected chi connectivity index (χ2v) is 4.20. The van der Waals surface area contributed by atoms with E-state index in [-0.39, 0.29) is 11.9 Å². The molecule has 2 heterocycles. The number of rotatable bonds is 3. The van der Waals surface area contributed by atoms with Crippen molar-refractivity contribution in [2.45, 2.75) is 0 Å². The Balaban J connectivity index is 1.93. The van der Waals surface area contributed by atoms with E-state index in [0.29, 0.717) is 11.5 Å². The summed E-state index contributed by atoms with van der Waals surface area (Å²) in [6, 6.07) is 12.2. The van der Waals surface area contributed by atoms with Gasteiger partial charge in [0.1, 0.15) is 0 Å². The fourth-order valence-corrected chi connectivity index (χ4v) is 1.74. The van der Waals surface area contributed by atoms with Crippen LogP contribution in [0.25, 0.3) is 11.4 Å². The number of hydrogen-bond acceptors (Lipinski definition) is 6. The Hall–Kier alpha value is -3.09. The van der Waals surface area contributed by atoms with Crippen LogP contribution >= 0.6 is 0 Å². The van der Waals surface area contributed by atoms with Gasteiger partial charge in [-0.25, -0.2) is 4.98 Å². The van der Waals surface area contributed by atoms with Gasteiger partial charge in [0.25, 0.3) is 0 Å². The number of nitrogens with two attached hydrogens (primary N) is 1. The Bertz CT molecular complexity index is 745. The third kappa shape index (κ3) is 3.08. The Morgan fingerprint density at radius 1 is 0.952 bits per heavy atom. The number of nitrogen functional groups attached to an aromatic ring is 1. The maximum Gasteiger partial charge on any atom is 0.232 e. The average Bonchev–Trinajstić information content (AvgIpc) is 2.50. The van der Waals surface area contributed by atoms with E-state index in [9.17, 15) is 4.39 Å². The van der Waals surface area contributed by atoms with Gasteiger partial charge in [0.2, 0.25) is 17.8 Å². The Morgan fingerprint density at radius 2 is 1.76 bits per heavy atom. The lowest BCUT2D eigenvalue weighted by molar-refractivity contribution is 0.584. The van der Waals surface area contributed by atoms with E-state index in [1.165, 1.54) is 18.3 Å². The minimum Gasteiger partial charge on any atom is -0.368 e. The topological polar surface area (TPSA) is 89.6 Å². The SMILES string of the molecule is Nc1nc(Nc2ccc(F)nc2)nc(-c2ccccc2)n1. The van der Waals surface area contributed by atoms with Crippen LogP contribution in [0.5, 0.6) is 0 Å². The molecular weight excluding hydrogens is 271 g/mol. The van der Waals surface area contributed by atoms with E-state index < -0.39 is 5.95 Å². The van der Waals surface area contributed by atoms with E-state index in [1.54, 1.807) is 0 Å². The maximum atomic E-state index is 12.8. The zero-order chi connectivity index (χ0) is 14.7. The number of nitrogens with zero attached hydrogens (tertiary/aromatic N) is 4. The van der Waals surface area contributed by atoms with Gasteiger partial charge in [-0.3, -0.25) is 0 Å². The molecule has 7 heteroatoms. The predicted molar refractivity (Wildman–Crippen MR) is 77.2 cm³/mol. The van der Waals surface area contributed by atoms with Crippen LogP contribution in [0, 0.1) is 5.95 Å². The molecule has 21 heavy (non-hydrogen) atoms. The minimum atomic E-state index is -0.555. The molecule has 6 nitrogen and oxygen atoms in total. The van der Waals surface area contributed by atoms with E-state index in [0.717, 1.165) is 5.56 Å². The summed E-state index contributed by atoms with van der Waals surface area (Å²) in [6.07, 6.45) is 1.34. The van der Waals surface area contributed by atoms with Crippen molar-refractivity contribution in [1.82, 2.24) is 19.9 Å². The first-order valence-electron chi connectivity index (χ1n) is 6.16. The fourth-order valence-electron chi connectivity index (χ4n) is 1.74. The van der Waals surface area contributed by atoms with Crippen LogP contribution in [0.4, 0.5) is 22.0 Å². The van der Waals surface area contributed by atoms with Gasteiger partial charge in [0, 0.05) is 5.56 Å². The van der Waals surface area contributed by atoms with Crippen LogP contribution in [-0.4, -0.2) is 19.9 Å². The normalized spacial score (nSPS) is 10.3. The van der Waals surface area contributed by atoms with E-state index in [1.807, 2.05) is 30.3 Å². The molecule has 1 aromatic carbocycles. The summed E-state index contributed by atoms with van der Waals surface area (Å²) in [5.74, 6) is 0.276. The van der Waals surface area contributed by atoms with E-state index >= 15 is 0 Å². The highest BCUT2D eigenvalue weighted by Crippen LogP contribution is 2.18. The van der Waals surface area contributed by atoms with Crippen molar-refractivity contribution in [3.8, 4) is 11.4 Å². The highest BCUT2D eigenvalue weighted by Gasteiger charge is 2.07. The molecular formula is C14H11FN6. The van der Waals surface area contributed by atoms with Crippen LogP contribution in [0.1, 0.15) is 0 Å². The number of halogens is 1. The number of aromatic nitrogens is 4. The van der Waals surface area contributed by atoms with Crippen molar-refractivity contribution in [3.05, 3.63) is 54.6 Å². The van der Waals surface area contributed by atoms with Crippen molar-refractivity contribution in [3.63, 3.8) is 0 Å². The first-order valence-corrected chi connectivity index (χ1v) is 6.16. The smallest absolute Gasteiger partial charge is 0.232 e. The van der Waals surface area contributed by atoms with Gasteiger partial charge in [-0.15, -0.1) is 0 Å². The first-order chi connectivity index (χ1) is 10.2. The number of hydrogen-bond donors (Lipinski definition) is 2. The molecule has 3 aromatic rings. The molecule has 3 N–H and O–H groups in total. The summed E-state index contributed by atoms with van der Waals surface area (Å²) in [4.78, 5) is 15.9. The second kappa shape index (κ2) is 5.49. The number of anilines is 3. The number of nitrogens with one attached hydrogen (secondary N) is 1. The molecule has 0 unspecified atom stereocenters. The summed E-state index contributed by atoms with van der Waals surface area (Å²) >= 11 is 0. The van der Waals surface area contributed by atoms with Gasteiger partial charge in [-0.05, 0) is 12.1 Å². The minimum absolute atomic E-state index is 0.0985.